The van der Waals surface area contributed by atoms with Crippen molar-refractivity contribution in [1.82, 2.24) is 4.90 Å². The Hall–Kier alpha value is -2.77. The van der Waals surface area contributed by atoms with Crippen LogP contribution in [0, 0.1) is 5.82 Å². The van der Waals surface area contributed by atoms with Crippen molar-refractivity contribution in [3.05, 3.63) is 57.9 Å². The van der Waals surface area contributed by atoms with E-state index >= 15 is 0 Å². The summed E-state index contributed by atoms with van der Waals surface area (Å²) >= 11 is 1.06. The number of nitrogens with zero attached hydrogens (tertiary/aromatic N) is 2. The number of aliphatic hydroxyl groups is 1. The van der Waals surface area contributed by atoms with Crippen LogP contribution in [0.3, 0.4) is 0 Å². The van der Waals surface area contributed by atoms with E-state index < -0.39 is 31.6 Å². The van der Waals surface area contributed by atoms with Crippen LogP contribution >= 0.6 is 11.3 Å². The third kappa shape index (κ3) is 5.47. The topological polar surface area (TPSA) is 133 Å². The summed E-state index contributed by atoms with van der Waals surface area (Å²) in [6, 6.07) is 5.41. The lowest BCUT2D eigenvalue weighted by atomic mass is 9.95. The van der Waals surface area contributed by atoms with E-state index in [0.29, 0.717) is 17.5 Å². The Morgan fingerprint density at radius 2 is 1.97 bits per heavy atom. The predicted molar refractivity (Wildman–Crippen MR) is 136 cm³/mol. The first kappa shape index (κ1) is 26.3. The molecule has 0 fully saturated rings. The molecular formula is C23H26FN3O6S3. The van der Waals surface area contributed by atoms with Crippen molar-refractivity contribution >= 4 is 47.9 Å². The van der Waals surface area contributed by atoms with E-state index in [1.807, 2.05) is 6.92 Å². The van der Waals surface area contributed by atoms with Crippen molar-refractivity contribution in [2.75, 3.05) is 17.3 Å². The minimum absolute atomic E-state index is 0.00739. The van der Waals surface area contributed by atoms with Crippen LogP contribution in [-0.4, -0.2) is 56.6 Å². The third-order valence-electron chi connectivity index (χ3n) is 6.02. The fourth-order valence-corrected chi connectivity index (χ4v) is 7.57. The van der Waals surface area contributed by atoms with Gasteiger partial charge in [0.15, 0.2) is 5.84 Å². The number of carbonyl (C=O) groups is 1. The van der Waals surface area contributed by atoms with Crippen LogP contribution in [0.15, 0.2) is 50.3 Å². The molecule has 2 aromatic rings. The van der Waals surface area contributed by atoms with Gasteiger partial charge in [0, 0.05) is 25.3 Å². The molecule has 1 aromatic carbocycles. The molecule has 13 heteroatoms. The van der Waals surface area contributed by atoms with Crippen LogP contribution in [0.25, 0.3) is 0 Å². The van der Waals surface area contributed by atoms with Gasteiger partial charge in [-0.1, -0.05) is 25.5 Å². The monoisotopic (exact) mass is 555 g/mol. The molecule has 0 saturated carbocycles. The number of nitrogens with one attached hydrogen (secondary N) is 1. The zero-order valence-electron chi connectivity index (χ0n) is 19.7. The number of sulfonamides is 1. The number of hydrogen-bond acceptors (Lipinski definition) is 8. The Morgan fingerprint density at radius 1 is 1.28 bits per heavy atom. The summed E-state index contributed by atoms with van der Waals surface area (Å²) in [7, 11) is -7.57. The van der Waals surface area contributed by atoms with Gasteiger partial charge in [-0.3, -0.25) is 4.79 Å². The van der Waals surface area contributed by atoms with E-state index in [4.69, 9.17) is 0 Å². The van der Waals surface area contributed by atoms with Gasteiger partial charge in [0.25, 0.3) is 15.9 Å². The molecule has 9 nitrogen and oxygen atoms in total. The number of sulfone groups is 1. The van der Waals surface area contributed by atoms with E-state index in [0.717, 1.165) is 24.0 Å². The maximum Gasteiger partial charge on any atom is 0.287 e. The molecule has 2 aliphatic rings. The zero-order chi connectivity index (χ0) is 26.3. The van der Waals surface area contributed by atoms with Crippen molar-refractivity contribution in [1.29, 1.82) is 0 Å². The maximum absolute atomic E-state index is 13.6. The van der Waals surface area contributed by atoms with Crippen LogP contribution < -0.4 is 5.32 Å². The van der Waals surface area contributed by atoms with Gasteiger partial charge in [-0.25, -0.2) is 12.8 Å². The lowest BCUT2D eigenvalue weighted by Crippen LogP contribution is -2.47. The van der Waals surface area contributed by atoms with E-state index in [2.05, 4.69) is 9.71 Å². The Bertz CT molecular complexity index is 1460. The Labute approximate surface area is 213 Å². The maximum atomic E-state index is 13.6. The van der Waals surface area contributed by atoms with Gasteiger partial charge in [0.2, 0.25) is 0 Å². The summed E-state index contributed by atoms with van der Waals surface area (Å²) in [5.74, 6) is -1.74. The molecule has 1 unspecified atom stereocenters. The van der Waals surface area contributed by atoms with Gasteiger partial charge in [-0.05, 0) is 41.5 Å². The van der Waals surface area contributed by atoms with Crippen LogP contribution in [0.1, 0.15) is 37.3 Å². The fraction of sp³-hybridized carbons (Fsp3) is 0.391. The molecule has 0 bridgehead atoms. The van der Waals surface area contributed by atoms with Crippen molar-refractivity contribution in [3.8, 4) is 0 Å². The molecule has 2 N–H and O–H groups in total. The molecule has 4 rings (SSSR count). The number of rotatable bonds is 8. The molecule has 194 valence electrons. The van der Waals surface area contributed by atoms with Crippen LogP contribution in [-0.2, 0) is 37.6 Å². The highest BCUT2D eigenvalue weighted by molar-refractivity contribution is 7.91. The number of aryl methyl sites for hydroxylation is 1. The molecular weight excluding hydrogens is 529 g/mol. The molecule has 0 aliphatic carbocycles. The van der Waals surface area contributed by atoms with Gasteiger partial charge < -0.3 is 15.3 Å². The van der Waals surface area contributed by atoms with E-state index in [-0.39, 0.29) is 58.2 Å². The van der Waals surface area contributed by atoms with Crippen molar-refractivity contribution in [2.45, 2.75) is 50.1 Å². The Morgan fingerprint density at radius 3 is 2.61 bits per heavy atom. The van der Waals surface area contributed by atoms with Crippen molar-refractivity contribution in [2.24, 2.45) is 4.40 Å². The summed E-state index contributed by atoms with van der Waals surface area (Å²) in [4.78, 5) is 15.0. The molecule has 3 heterocycles. The quantitative estimate of drug-likeness (QED) is 0.510. The van der Waals surface area contributed by atoms with Gasteiger partial charge in [-0.15, -0.1) is 15.7 Å². The fourth-order valence-electron chi connectivity index (χ4n) is 4.31. The molecule has 0 radical (unpaired) electrons. The standard InChI is InChI=1S/C23H26FN3O6S3/c1-3-4-17-11-18(28)19(23(29)27(17)12-14-5-7-16(24)8-6-14)21-25-22-20(36(32,33)26-21)15(13-34-22)9-10-35(2,30)31/h5-8,13,17,28H,3-4,9-12H2,1-2H3,(H,25,26). The number of amidine groups is 1. The van der Waals surface area contributed by atoms with Crippen LogP contribution in [0.4, 0.5) is 9.39 Å². The zero-order valence-corrected chi connectivity index (χ0v) is 22.1. The predicted octanol–water partition coefficient (Wildman–Crippen LogP) is 3.40. The number of thiophene rings is 1. The molecule has 0 spiro atoms. The molecule has 2 aliphatic heterocycles. The van der Waals surface area contributed by atoms with Gasteiger partial charge in [-0.2, -0.15) is 8.42 Å². The first-order chi connectivity index (χ1) is 16.9. The molecule has 36 heavy (non-hydrogen) atoms. The highest BCUT2D eigenvalue weighted by atomic mass is 32.2. The largest absolute Gasteiger partial charge is 0.511 e. The summed E-state index contributed by atoms with van der Waals surface area (Å²) < 4.78 is 66.4. The normalized spacial score (nSPS) is 19.6. The van der Waals surface area contributed by atoms with Crippen molar-refractivity contribution < 1.29 is 31.1 Å². The number of carbonyl (C=O) groups excluding carboxylic acids is 1. The summed E-state index contributed by atoms with van der Waals surface area (Å²) in [5.41, 5.74) is 0.781. The summed E-state index contributed by atoms with van der Waals surface area (Å²) in [6.45, 7) is 2.11. The highest BCUT2D eigenvalue weighted by Crippen LogP contribution is 2.39. The van der Waals surface area contributed by atoms with E-state index in [1.54, 1.807) is 22.4 Å². The van der Waals surface area contributed by atoms with Gasteiger partial charge in [0.05, 0.1) is 5.75 Å². The lowest BCUT2D eigenvalue weighted by Gasteiger charge is -2.37. The second kappa shape index (κ2) is 9.94. The molecule has 1 amide bonds. The van der Waals surface area contributed by atoms with Crippen LogP contribution in [0.5, 0.6) is 0 Å². The number of fused-ring (bicyclic) bond motifs is 1. The van der Waals surface area contributed by atoms with Gasteiger partial charge in [0.1, 0.15) is 36.9 Å². The van der Waals surface area contributed by atoms with Crippen molar-refractivity contribution in [3.63, 3.8) is 0 Å². The third-order valence-corrected chi connectivity index (χ3v) is 9.44. The number of anilines is 1. The summed E-state index contributed by atoms with van der Waals surface area (Å²) in [5, 5.41) is 15.4. The minimum atomic E-state index is -4.26. The number of amides is 1. The minimum Gasteiger partial charge on any atom is -0.511 e. The van der Waals surface area contributed by atoms with Gasteiger partial charge >= 0.3 is 0 Å². The Balaban J connectivity index is 1.68. The molecule has 0 saturated heterocycles. The highest BCUT2D eigenvalue weighted by Gasteiger charge is 2.40. The SMILES string of the molecule is CCCC1CC(O)=C(C2=NS(=O)(=O)c3c(CCS(C)(=O)=O)csc3N2)C(=O)N1Cc1ccc(F)cc1. The van der Waals surface area contributed by atoms with E-state index in [9.17, 15) is 31.1 Å². The second-order valence-corrected chi connectivity index (χ2v) is 13.5. The average Bonchev–Trinajstić information content (AvgIpc) is 3.20. The smallest absolute Gasteiger partial charge is 0.287 e. The number of aliphatic hydroxyl groups excluding tert-OH is 1. The first-order valence-corrected chi connectivity index (χ1v) is 15.7. The second-order valence-electron chi connectivity index (χ2n) is 8.87. The number of benzene rings is 1. The molecule has 1 aromatic heterocycles. The summed E-state index contributed by atoms with van der Waals surface area (Å²) in [6.07, 6.45) is 2.56. The lowest BCUT2D eigenvalue weighted by molar-refractivity contribution is -0.131. The number of hydrogen-bond donors (Lipinski definition) is 2. The Kier molecular flexibility index (Phi) is 7.26. The first-order valence-electron chi connectivity index (χ1n) is 11.3. The molecule has 1 atom stereocenters. The number of halogens is 1. The van der Waals surface area contributed by atoms with E-state index in [1.165, 1.54) is 12.1 Å². The average molecular weight is 556 g/mol. The van der Waals surface area contributed by atoms with Crippen LogP contribution in [0.2, 0.25) is 0 Å².